The van der Waals surface area contributed by atoms with Crippen molar-refractivity contribution in [3.8, 4) is 0 Å². The molecule has 1 heterocycles. The van der Waals surface area contributed by atoms with Gasteiger partial charge >= 0.3 is 12.1 Å². The van der Waals surface area contributed by atoms with E-state index in [1.807, 2.05) is 26.0 Å². The molecule has 158 valence electrons. The second kappa shape index (κ2) is 8.22. The van der Waals surface area contributed by atoms with Crippen LogP contribution in [0.25, 0.3) is 11.0 Å². The smallest absolute Gasteiger partial charge is 0.418 e. The molecule has 30 heavy (non-hydrogen) atoms. The summed E-state index contributed by atoms with van der Waals surface area (Å²) in [4.78, 5) is 24.5. The van der Waals surface area contributed by atoms with Crippen LogP contribution in [0.5, 0.6) is 0 Å². The fraction of sp³-hybridized carbons (Fsp3) is 0.273. The van der Waals surface area contributed by atoms with E-state index in [2.05, 4.69) is 5.32 Å². The summed E-state index contributed by atoms with van der Waals surface area (Å²) in [5, 5.41) is 2.94. The Morgan fingerprint density at radius 1 is 1.13 bits per heavy atom. The largest absolute Gasteiger partial charge is 0.464 e. The van der Waals surface area contributed by atoms with E-state index >= 15 is 0 Å². The highest BCUT2D eigenvalue weighted by Crippen LogP contribution is 2.34. The third-order valence-electron chi connectivity index (χ3n) is 4.77. The van der Waals surface area contributed by atoms with Crippen LogP contribution in [0.4, 0.5) is 18.9 Å². The van der Waals surface area contributed by atoms with Gasteiger partial charge in [0.1, 0.15) is 5.58 Å². The van der Waals surface area contributed by atoms with Crippen LogP contribution < -0.4 is 5.32 Å². The molecule has 0 aliphatic carbocycles. The lowest BCUT2D eigenvalue weighted by atomic mass is 10.0. The molecule has 1 aromatic heterocycles. The SMILES string of the molecule is Cc1cc2occ(CC(=O)OC(C)C(=O)Nc3ccccc3C(F)(F)F)c2cc1C. The van der Waals surface area contributed by atoms with Crippen LogP contribution in [-0.2, 0) is 26.9 Å². The number of aryl methyl sites for hydroxylation is 2. The zero-order chi connectivity index (χ0) is 22.1. The van der Waals surface area contributed by atoms with Crippen LogP contribution in [0.2, 0.25) is 0 Å². The van der Waals surface area contributed by atoms with Crippen molar-refractivity contribution < 1.29 is 31.9 Å². The monoisotopic (exact) mass is 419 g/mol. The first-order chi connectivity index (χ1) is 14.1. The van der Waals surface area contributed by atoms with Crippen LogP contribution in [0.3, 0.4) is 0 Å². The molecule has 0 bridgehead atoms. The lowest BCUT2D eigenvalue weighted by Crippen LogP contribution is -2.31. The number of hydrogen-bond donors (Lipinski definition) is 1. The van der Waals surface area contributed by atoms with E-state index in [9.17, 15) is 22.8 Å². The Labute approximate surface area is 170 Å². The maximum absolute atomic E-state index is 13.1. The summed E-state index contributed by atoms with van der Waals surface area (Å²) in [5.41, 5.74) is 1.95. The van der Waals surface area contributed by atoms with Gasteiger partial charge in [0.2, 0.25) is 0 Å². The number of esters is 1. The Kier molecular flexibility index (Phi) is 5.87. The van der Waals surface area contributed by atoms with E-state index in [4.69, 9.17) is 9.15 Å². The van der Waals surface area contributed by atoms with E-state index in [0.717, 1.165) is 28.6 Å². The average molecular weight is 419 g/mol. The summed E-state index contributed by atoms with van der Waals surface area (Å²) in [6.07, 6.45) is -4.58. The number of fused-ring (bicyclic) bond motifs is 1. The highest BCUT2D eigenvalue weighted by molar-refractivity contribution is 5.96. The van der Waals surface area contributed by atoms with Crippen molar-refractivity contribution in [2.45, 2.75) is 39.5 Å². The first-order valence-corrected chi connectivity index (χ1v) is 9.20. The normalized spacial score (nSPS) is 12.6. The highest BCUT2D eigenvalue weighted by Gasteiger charge is 2.34. The van der Waals surface area contributed by atoms with Gasteiger partial charge in [-0.25, -0.2) is 0 Å². The lowest BCUT2D eigenvalue weighted by Gasteiger charge is -2.16. The molecule has 3 rings (SSSR count). The van der Waals surface area contributed by atoms with E-state index < -0.39 is 35.4 Å². The maximum Gasteiger partial charge on any atom is 0.418 e. The van der Waals surface area contributed by atoms with Crippen LogP contribution in [0.1, 0.15) is 29.2 Å². The Morgan fingerprint density at radius 3 is 2.50 bits per heavy atom. The molecule has 8 heteroatoms. The summed E-state index contributed by atoms with van der Waals surface area (Å²) in [5.74, 6) is -1.55. The third kappa shape index (κ3) is 4.64. The van der Waals surface area contributed by atoms with Crippen molar-refractivity contribution in [2.24, 2.45) is 0 Å². The quantitative estimate of drug-likeness (QED) is 0.579. The Hall–Kier alpha value is -3.29. The minimum Gasteiger partial charge on any atom is -0.464 e. The predicted octanol–water partition coefficient (Wildman–Crippen LogP) is 5.18. The molecule has 1 atom stereocenters. The van der Waals surface area contributed by atoms with Gasteiger partial charge in [0, 0.05) is 10.9 Å². The van der Waals surface area contributed by atoms with Crippen LogP contribution in [0, 0.1) is 13.8 Å². The number of anilines is 1. The molecule has 0 saturated carbocycles. The topological polar surface area (TPSA) is 68.5 Å². The van der Waals surface area contributed by atoms with Gasteiger partial charge in [0.05, 0.1) is 23.9 Å². The standard InChI is InChI=1S/C22H20F3NO4/c1-12-8-16-15(11-29-19(16)9-13(12)2)10-20(27)30-14(3)21(28)26-18-7-5-4-6-17(18)22(23,24)25/h4-9,11,14H,10H2,1-3H3,(H,26,28). The molecular weight excluding hydrogens is 399 g/mol. The lowest BCUT2D eigenvalue weighted by molar-refractivity contribution is -0.152. The number of ether oxygens (including phenoxy) is 1. The number of hydrogen-bond acceptors (Lipinski definition) is 4. The second-order valence-corrected chi connectivity index (χ2v) is 7.04. The summed E-state index contributed by atoms with van der Waals surface area (Å²) in [6, 6.07) is 8.36. The van der Waals surface area contributed by atoms with Crippen molar-refractivity contribution in [3.05, 3.63) is 64.9 Å². The first-order valence-electron chi connectivity index (χ1n) is 9.20. The van der Waals surface area contributed by atoms with Crippen molar-refractivity contribution in [2.75, 3.05) is 5.32 Å². The number of amides is 1. The van der Waals surface area contributed by atoms with Gasteiger partial charge in [0.25, 0.3) is 5.91 Å². The summed E-state index contributed by atoms with van der Waals surface area (Å²) in [6.45, 7) is 5.18. The van der Waals surface area contributed by atoms with Gasteiger partial charge in [-0.3, -0.25) is 9.59 Å². The van der Waals surface area contributed by atoms with Gasteiger partial charge in [-0.05, 0) is 56.2 Å². The predicted molar refractivity (Wildman–Crippen MR) is 105 cm³/mol. The number of alkyl halides is 3. The molecule has 0 saturated heterocycles. The van der Waals surface area contributed by atoms with Gasteiger partial charge < -0.3 is 14.5 Å². The number of benzene rings is 2. The molecule has 2 aromatic carbocycles. The Morgan fingerprint density at radius 2 is 1.80 bits per heavy atom. The van der Waals surface area contributed by atoms with Crippen LogP contribution >= 0.6 is 0 Å². The number of para-hydroxylation sites is 1. The summed E-state index contributed by atoms with van der Waals surface area (Å²) < 4.78 is 49.8. The molecule has 1 amide bonds. The number of halogens is 3. The zero-order valence-corrected chi connectivity index (χ0v) is 16.6. The zero-order valence-electron chi connectivity index (χ0n) is 16.6. The van der Waals surface area contributed by atoms with E-state index in [0.29, 0.717) is 11.1 Å². The minimum absolute atomic E-state index is 0.133. The maximum atomic E-state index is 13.1. The van der Waals surface area contributed by atoms with E-state index in [-0.39, 0.29) is 6.42 Å². The molecule has 0 aliphatic heterocycles. The minimum atomic E-state index is -4.62. The van der Waals surface area contributed by atoms with Crippen LogP contribution in [-0.4, -0.2) is 18.0 Å². The second-order valence-electron chi connectivity index (χ2n) is 7.04. The number of carbonyl (C=O) groups is 2. The van der Waals surface area contributed by atoms with Crippen molar-refractivity contribution in [3.63, 3.8) is 0 Å². The molecule has 5 nitrogen and oxygen atoms in total. The Bertz CT molecular complexity index is 1100. The molecular formula is C22H20F3NO4. The van der Waals surface area contributed by atoms with Crippen molar-refractivity contribution >= 4 is 28.5 Å². The molecule has 0 spiro atoms. The molecule has 3 aromatic rings. The summed E-state index contributed by atoms with van der Waals surface area (Å²) in [7, 11) is 0. The molecule has 1 unspecified atom stereocenters. The Balaban J connectivity index is 1.67. The molecule has 1 N–H and O–H groups in total. The highest BCUT2D eigenvalue weighted by atomic mass is 19.4. The fourth-order valence-corrected chi connectivity index (χ4v) is 2.99. The van der Waals surface area contributed by atoms with Gasteiger partial charge in [-0.1, -0.05) is 12.1 Å². The average Bonchev–Trinajstić information content (AvgIpc) is 3.03. The van der Waals surface area contributed by atoms with Gasteiger partial charge in [0.15, 0.2) is 6.10 Å². The van der Waals surface area contributed by atoms with Gasteiger partial charge in [-0.2, -0.15) is 13.2 Å². The first kappa shape index (κ1) is 21.4. The van der Waals surface area contributed by atoms with Crippen LogP contribution in [0.15, 0.2) is 47.1 Å². The van der Waals surface area contributed by atoms with Crippen molar-refractivity contribution in [1.29, 1.82) is 0 Å². The molecule has 0 radical (unpaired) electrons. The molecule has 0 aliphatic rings. The number of carbonyl (C=O) groups excluding carboxylic acids is 2. The number of rotatable bonds is 5. The van der Waals surface area contributed by atoms with Gasteiger partial charge in [-0.15, -0.1) is 0 Å². The van der Waals surface area contributed by atoms with E-state index in [1.165, 1.54) is 25.3 Å². The van der Waals surface area contributed by atoms with Crippen molar-refractivity contribution in [1.82, 2.24) is 0 Å². The van der Waals surface area contributed by atoms with E-state index in [1.54, 1.807) is 0 Å². The number of furan rings is 1. The summed E-state index contributed by atoms with van der Waals surface area (Å²) >= 11 is 0. The fourth-order valence-electron chi connectivity index (χ4n) is 2.99. The number of nitrogens with one attached hydrogen (secondary N) is 1. The third-order valence-corrected chi connectivity index (χ3v) is 4.77. The molecule has 0 fully saturated rings.